The third-order valence-corrected chi connectivity index (χ3v) is 2.28. The molecule has 0 amide bonds. The Morgan fingerprint density at radius 2 is 2.42 bits per heavy atom. The van der Waals surface area contributed by atoms with Crippen LogP contribution in [-0.4, -0.2) is 20.9 Å². The largest absolute Gasteiger partial charge is 0.471 e. The molecule has 1 aromatic carbocycles. The van der Waals surface area contributed by atoms with E-state index in [-0.39, 0.29) is 12.4 Å². The minimum absolute atomic E-state index is 0.0763. The molecule has 0 aliphatic rings. The molecule has 0 spiro atoms. The predicted octanol–water partition coefficient (Wildman–Crippen LogP) is 1.12. The summed E-state index contributed by atoms with van der Waals surface area (Å²) in [5, 5.41) is 17.7. The molecule has 19 heavy (non-hydrogen) atoms. The van der Waals surface area contributed by atoms with Crippen molar-refractivity contribution < 1.29 is 9.66 Å². The van der Waals surface area contributed by atoms with Gasteiger partial charge in [0.1, 0.15) is 18.1 Å². The van der Waals surface area contributed by atoms with Gasteiger partial charge >= 0.3 is 5.69 Å². The highest BCUT2D eigenvalue weighted by Gasteiger charge is 2.08. The smallest absolute Gasteiger partial charge is 0.307 e. The van der Waals surface area contributed by atoms with Gasteiger partial charge in [0.25, 0.3) is 0 Å². The number of nitrogens with two attached hydrogens (primary N) is 1. The number of aromatic nitrogens is 2. The zero-order chi connectivity index (χ0) is 13.7. The molecule has 2 aromatic rings. The lowest BCUT2D eigenvalue weighted by Gasteiger charge is -2.06. The van der Waals surface area contributed by atoms with Crippen molar-refractivity contribution in [2.24, 2.45) is 10.9 Å². The quantitative estimate of drug-likeness (QED) is 0.375. The van der Waals surface area contributed by atoms with E-state index >= 15 is 0 Å². The average Bonchev–Trinajstić information content (AvgIpc) is 2.86. The summed E-state index contributed by atoms with van der Waals surface area (Å²) in [7, 11) is 0. The Morgan fingerprint density at radius 3 is 3.11 bits per heavy atom. The van der Waals surface area contributed by atoms with Crippen molar-refractivity contribution in [2.75, 3.05) is 0 Å². The molecular weight excluding hydrogens is 250 g/mol. The number of rotatable bonds is 5. The van der Waals surface area contributed by atoms with Crippen LogP contribution in [0.4, 0.5) is 5.69 Å². The van der Waals surface area contributed by atoms with Gasteiger partial charge in [-0.15, -0.1) is 0 Å². The number of hydrazone groups is 1. The molecule has 0 atom stereocenters. The van der Waals surface area contributed by atoms with Gasteiger partial charge in [-0.2, -0.15) is 10.2 Å². The van der Waals surface area contributed by atoms with Gasteiger partial charge in [0.05, 0.1) is 11.1 Å². The highest BCUT2D eigenvalue weighted by Crippen LogP contribution is 2.13. The normalized spacial score (nSPS) is 10.7. The van der Waals surface area contributed by atoms with E-state index in [0.29, 0.717) is 5.75 Å². The van der Waals surface area contributed by atoms with E-state index in [9.17, 15) is 10.1 Å². The van der Waals surface area contributed by atoms with Gasteiger partial charge in [-0.1, -0.05) is 12.1 Å². The maximum Gasteiger partial charge on any atom is 0.307 e. The Bertz CT molecular complexity index is 608. The van der Waals surface area contributed by atoms with Crippen LogP contribution in [0.3, 0.4) is 0 Å². The molecule has 0 aliphatic carbocycles. The summed E-state index contributed by atoms with van der Waals surface area (Å²) in [5.74, 6) is 5.65. The first-order chi connectivity index (χ1) is 9.19. The number of benzene rings is 1. The first kappa shape index (κ1) is 12.6. The van der Waals surface area contributed by atoms with Crippen molar-refractivity contribution in [3.63, 3.8) is 0 Å². The van der Waals surface area contributed by atoms with Crippen LogP contribution < -0.4 is 10.6 Å². The molecular formula is C11H11N5O3. The molecule has 2 rings (SSSR count). The van der Waals surface area contributed by atoms with E-state index < -0.39 is 4.92 Å². The summed E-state index contributed by atoms with van der Waals surface area (Å²) >= 11 is 0. The summed E-state index contributed by atoms with van der Waals surface area (Å²) in [6.45, 7) is 0.0804. The van der Waals surface area contributed by atoms with Crippen molar-refractivity contribution in [2.45, 2.75) is 6.73 Å². The van der Waals surface area contributed by atoms with Gasteiger partial charge in [0, 0.05) is 0 Å². The molecule has 0 fully saturated rings. The topological polar surface area (TPSA) is 109 Å². The first-order valence-electron chi connectivity index (χ1n) is 5.32. The van der Waals surface area contributed by atoms with Crippen LogP contribution in [0, 0.1) is 10.1 Å². The van der Waals surface area contributed by atoms with Crippen LogP contribution in [0.2, 0.25) is 0 Å². The lowest BCUT2D eigenvalue weighted by atomic mass is 10.2. The van der Waals surface area contributed by atoms with E-state index in [2.05, 4.69) is 10.2 Å². The molecule has 1 aromatic heterocycles. The lowest BCUT2D eigenvalue weighted by Crippen LogP contribution is -2.05. The van der Waals surface area contributed by atoms with E-state index in [1.165, 1.54) is 23.3 Å². The Labute approximate surface area is 108 Å². The predicted molar refractivity (Wildman–Crippen MR) is 67.7 cm³/mol. The maximum absolute atomic E-state index is 10.5. The van der Waals surface area contributed by atoms with Gasteiger partial charge < -0.3 is 10.6 Å². The van der Waals surface area contributed by atoms with Crippen molar-refractivity contribution >= 4 is 11.9 Å². The third-order valence-electron chi connectivity index (χ3n) is 2.28. The number of nitro groups is 1. The van der Waals surface area contributed by atoms with E-state index in [0.717, 1.165) is 5.56 Å². The zero-order valence-corrected chi connectivity index (χ0v) is 9.84. The third kappa shape index (κ3) is 3.28. The van der Waals surface area contributed by atoms with Crippen LogP contribution in [-0.2, 0) is 6.73 Å². The van der Waals surface area contributed by atoms with Gasteiger partial charge in [-0.05, 0) is 17.7 Å². The summed E-state index contributed by atoms with van der Waals surface area (Å²) < 4.78 is 6.78. The summed E-state index contributed by atoms with van der Waals surface area (Å²) in [6.07, 6.45) is 3.96. The minimum atomic E-state index is -0.512. The summed E-state index contributed by atoms with van der Waals surface area (Å²) in [5.41, 5.74) is 0.721. The lowest BCUT2D eigenvalue weighted by molar-refractivity contribution is -0.385. The van der Waals surface area contributed by atoms with Gasteiger partial charge in [0.15, 0.2) is 6.73 Å². The molecule has 0 unspecified atom stereocenters. The monoisotopic (exact) mass is 261 g/mol. The van der Waals surface area contributed by atoms with Gasteiger partial charge in [-0.25, -0.2) is 4.68 Å². The molecule has 98 valence electrons. The first-order valence-corrected chi connectivity index (χ1v) is 5.32. The van der Waals surface area contributed by atoms with Gasteiger partial charge in [-0.3, -0.25) is 10.1 Å². The second-order valence-corrected chi connectivity index (χ2v) is 3.62. The minimum Gasteiger partial charge on any atom is -0.471 e. The van der Waals surface area contributed by atoms with Crippen molar-refractivity contribution in [3.8, 4) is 5.75 Å². The van der Waals surface area contributed by atoms with Crippen molar-refractivity contribution in [1.82, 2.24) is 9.78 Å². The highest BCUT2D eigenvalue weighted by atomic mass is 16.6. The van der Waals surface area contributed by atoms with Crippen LogP contribution in [0.15, 0.2) is 41.8 Å². The summed E-state index contributed by atoms with van der Waals surface area (Å²) in [4.78, 5) is 9.98. The molecule has 0 aliphatic heterocycles. The Morgan fingerprint density at radius 1 is 1.58 bits per heavy atom. The highest BCUT2D eigenvalue weighted by molar-refractivity contribution is 5.79. The SMILES string of the molecule is NN=Cc1cccc(OCn2cc([N+](=O)[O-])cn2)c1. The van der Waals surface area contributed by atoms with Crippen LogP contribution in [0.5, 0.6) is 5.75 Å². The number of nitrogens with zero attached hydrogens (tertiary/aromatic N) is 4. The van der Waals surface area contributed by atoms with Crippen LogP contribution in [0.1, 0.15) is 5.56 Å². The van der Waals surface area contributed by atoms with Crippen LogP contribution >= 0.6 is 0 Å². The number of ether oxygens (including phenoxy) is 1. The van der Waals surface area contributed by atoms with Crippen molar-refractivity contribution in [1.29, 1.82) is 0 Å². The zero-order valence-electron chi connectivity index (χ0n) is 9.84. The second kappa shape index (κ2) is 5.63. The molecule has 0 saturated heterocycles. The Hall–Kier alpha value is -2.90. The Kier molecular flexibility index (Phi) is 3.72. The van der Waals surface area contributed by atoms with Crippen LogP contribution in [0.25, 0.3) is 0 Å². The molecule has 0 saturated carbocycles. The number of hydrogen-bond donors (Lipinski definition) is 1. The van der Waals surface area contributed by atoms with Crippen molar-refractivity contribution in [3.05, 3.63) is 52.3 Å². The van der Waals surface area contributed by atoms with E-state index in [4.69, 9.17) is 10.6 Å². The number of hydrogen-bond acceptors (Lipinski definition) is 6. The molecule has 8 heteroatoms. The average molecular weight is 261 g/mol. The van der Waals surface area contributed by atoms with E-state index in [1.54, 1.807) is 18.2 Å². The summed E-state index contributed by atoms with van der Waals surface area (Å²) in [6, 6.07) is 7.11. The second-order valence-electron chi connectivity index (χ2n) is 3.62. The van der Waals surface area contributed by atoms with E-state index in [1.807, 2.05) is 6.07 Å². The molecule has 0 radical (unpaired) electrons. The maximum atomic E-state index is 10.5. The fraction of sp³-hybridized carbons (Fsp3) is 0.0909. The van der Waals surface area contributed by atoms with Gasteiger partial charge in [0.2, 0.25) is 0 Å². The fourth-order valence-electron chi connectivity index (χ4n) is 1.43. The standard InChI is InChI=1S/C11H11N5O3/c12-13-5-9-2-1-3-11(4-9)19-8-15-7-10(6-14-15)16(17)18/h1-7H,8,12H2. The fourth-order valence-corrected chi connectivity index (χ4v) is 1.43. The molecule has 8 nitrogen and oxygen atoms in total. The molecule has 2 N–H and O–H groups in total. The molecule has 0 bridgehead atoms. The molecule has 1 heterocycles. The Balaban J connectivity index is 2.01.